The predicted octanol–water partition coefficient (Wildman–Crippen LogP) is 1.12. The fourth-order valence-corrected chi connectivity index (χ4v) is 1.89. The van der Waals surface area contributed by atoms with Crippen molar-refractivity contribution in [1.82, 2.24) is 4.72 Å². The van der Waals surface area contributed by atoms with Gasteiger partial charge in [0, 0.05) is 11.6 Å². The molecule has 0 spiro atoms. The van der Waals surface area contributed by atoms with Gasteiger partial charge >= 0.3 is 0 Å². The molecule has 0 saturated heterocycles. The Morgan fingerprint density at radius 2 is 2.27 bits per heavy atom. The number of carbonyl (C=O) groups excluding carboxylic acids is 1. The van der Waals surface area contributed by atoms with E-state index in [1.807, 2.05) is 0 Å². The van der Waals surface area contributed by atoms with E-state index in [1.165, 1.54) is 12.1 Å². The number of rotatable bonds is 5. The minimum Gasteiger partial charge on any atom is -0.440 e. The number of hydrogen-bond donors (Lipinski definition) is 1. The van der Waals surface area contributed by atoms with Gasteiger partial charge in [-0.05, 0) is 12.1 Å². The van der Waals surface area contributed by atoms with Crippen molar-refractivity contribution in [3.8, 4) is 0 Å². The summed E-state index contributed by atoms with van der Waals surface area (Å²) in [6.07, 6.45) is 0.416. The van der Waals surface area contributed by atoms with Crippen molar-refractivity contribution in [3.63, 3.8) is 0 Å². The highest BCUT2D eigenvalue weighted by Crippen LogP contribution is 2.12. The summed E-state index contributed by atoms with van der Waals surface area (Å²) in [5, 5.41) is -0.178. The van der Waals surface area contributed by atoms with Crippen molar-refractivity contribution in [1.29, 1.82) is 0 Å². The standard InChI is InChI=1S/C8H8ClNO4S/c1-6(9)4-10-15(12,13)8-3-2-7(5-11)14-8/h2-3,5,10H,1,4H2. The highest BCUT2D eigenvalue weighted by Gasteiger charge is 2.18. The van der Waals surface area contributed by atoms with Crippen LogP contribution < -0.4 is 4.72 Å². The van der Waals surface area contributed by atoms with Crippen LogP contribution in [-0.2, 0) is 10.0 Å². The van der Waals surface area contributed by atoms with Crippen LogP contribution in [0.1, 0.15) is 10.6 Å². The number of hydrogen-bond acceptors (Lipinski definition) is 4. The predicted molar refractivity (Wildman–Crippen MR) is 54.3 cm³/mol. The van der Waals surface area contributed by atoms with Gasteiger partial charge in [0.25, 0.3) is 10.0 Å². The van der Waals surface area contributed by atoms with Crippen LogP contribution in [0.25, 0.3) is 0 Å². The lowest BCUT2D eigenvalue weighted by atomic mass is 10.5. The summed E-state index contributed by atoms with van der Waals surface area (Å²) >= 11 is 5.40. The lowest BCUT2D eigenvalue weighted by molar-refractivity contribution is 0.109. The summed E-state index contributed by atoms with van der Waals surface area (Å²) in [5.74, 6) is -0.0555. The van der Waals surface area contributed by atoms with Gasteiger partial charge in [0.15, 0.2) is 12.0 Å². The lowest BCUT2D eigenvalue weighted by Crippen LogP contribution is -2.24. The normalized spacial score (nSPS) is 11.3. The zero-order valence-electron chi connectivity index (χ0n) is 7.57. The Kier molecular flexibility index (Phi) is 3.67. The van der Waals surface area contributed by atoms with Crippen molar-refractivity contribution in [2.75, 3.05) is 6.54 Å². The molecule has 82 valence electrons. The molecule has 0 radical (unpaired) electrons. The Morgan fingerprint density at radius 1 is 1.60 bits per heavy atom. The van der Waals surface area contributed by atoms with Gasteiger partial charge in [0.2, 0.25) is 5.09 Å². The maximum absolute atomic E-state index is 11.4. The molecule has 15 heavy (non-hydrogen) atoms. The van der Waals surface area contributed by atoms with Crippen LogP contribution in [0, 0.1) is 0 Å². The minimum atomic E-state index is -3.77. The Morgan fingerprint density at radius 3 is 2.73 bits per heavy atom. The Labute approximate surface area is 91.8 Å². The molecule has 0 aromatic carbocycles. The zero-order chi connectivity index (χ0) is 11.5. The zero-order valence-corrected chi connectivity index (χ0v) is 9.14. The first kappa shape index (κ1) is 12.0. The second kappa shape index (κ2) is 4.61. The lowest BCUT2D eigenvalue weighted by Gasteiger charge is -2.01. The molecule has 0 unspecified atom stereocenters. The molecule has 0 aliphatic heterocycles. The number of nitrogens with one attached hydrogen (secondary N) is 1. The first-order valence-corrected chi connectivity index (χ1v) is 5.70. The monoisotopic (exact) mass is 249 g/mol. The van der Waals surface area contributed by atoms with Gasteiger partial charge in [-0.3, -0.25) is 4.79 Å². The van der Waals surface area contributed by atoms with E-state index in [2.05, 4.69) is 11.3 Å². The number of carbonyl (C=O) groups is 1. The maximum atomic E-state index is 11.4. The Hall–Kier alpha value is -1.11. The highest BCUT2D eigenvalue weighted by atomic mass is 35.5. The quantitative estimate of drug-likeness (QED) is 0.794. The third kappa shape index (κ3) is 3.19. The molecule has 1 heterocycles. The first-order chi connectivity index (χ1) is 6.95. The molecule has 1 aromatic rings. The number of furan rings is 1. The van der Waals surface area contributed by atoms with E-state index >= 15 is 0 Å². The molecule has 0 saturated carbocycles. The summed E-state index contributed by atoms with van der Waals surface area (Å²) in [6, 6.07) is 2.44. The van der Waals surface area contributed by atoms with Crippen molar-refractivity contribution in [2.45, 2.75) is 5.09 Å². The Bertz CT molecular complexity index is 477. The summed E-state index contributed by atoms with van der Waals surface area (Å²) in [4.78, 5) is 10.3. The van der Waals surface area contributed by atoms with Gasteiger partial charge < -0.3 is 4.42 Å². The van der Waals surface area contributed by atoms with Gasteiger partial charge in [-0.2, -0.15) is 0 Å². The number of halogens is 1. The molecule has 0 fully saturated rings. The van der Waals surface area contributed by atoms with Gasteiger partial charge in [0.1, 0.15) is 0 Å². The van der Waals surface area contributed by atoms with Crippen LogP contribution in [0.5, 0.6) is 0 Å². The molecule has 0 atom stereocenters. The average Bonchev–Trinajstić information content (AvgIpc) is 2.63. The molecule has 1 rings (SSSR count). The fraction of sp³-hybridized carbons (Fsp3) is 0.125. The van der Waals surface area contributed by atoms with Crippen LogP contribution in [0.3, 0.4) is 0 Å². The average molecular weight is 250 g/mol. The van der Waals surface area contributed by atoms with Gasteiger partial charge in [0.05, 0.1) is 0 Å². The minimum absolute atomic E-state index is 0.0555. The number of aldehydes is 1. The van der Waals surface area contributed by atoms with E-state index < -0.39 is 10.0 Å². The summed E-state index contributed by atoms with van der Waals surface area (Å²) < 4.78 is 29.8. The molecule has 7 heteroatoms. The summed E-state index contributed by atoms with van der Waals surface area (Å²) in [6.45, 7) is 3.23. The van der Waals surface area contributed by atoms with Crippen LogP contribution in [0.4, 0.5) is 0 Å². The molecule has 0 aliphatic carbocycles. The van der Waals surface area contributed by atoms with Gasteiger partial charge in [-0.15, -0.1) is 0 Å². The van der Waals surface area contributed by atoms with E-state index in [4.69, 9.17) is 16.0 Å². The van der Waals surface area contributed by atoms with Crippen LogP contribution in [0.15, 0.2) is 33.3 Å². The molecule has 1 N–H and O–H groups in total. The van der Waals surface area contributed by atoms with Gasteiger partial charge in [-0.25, -0.2) is 13.1 Å². The second-order valence-electron chi connectivity index (χ2n) is 2.62. The van der Waals surface area contributed by atoms with E-state index in [0.29, 0.717) is 6.29 Å². The number of sulfonamides is 1. The van der Waals surface area contributed by atoms with E-state index in [1.54, 1.807) is 0 Å². The van der Waals surface area contributed by atoms with E-state index in [-0.39, 0.29) is 22.4 Å². The van der Waals surface area contributed by atoms with Crippen LogP contribution in [-0.4, -0.2) is 21.2 Å². The molecule has 1 aromatic heterocycles. The highest BCUT2D eigenvalue weighted by molar-refractivity contribution is 7.89. The second-order valence-corrected chi connectivity index (χ2v) is 4.85. The molecule has 0 amide bonds. The molecule has 0 aliphatic rings. The van der Waals surface area contributed by atoms with Crippen LogP contribution >= 0.6 is 11.6 Å². The largest absolute Gasteiger partial charge is 0.440 e. The van der Waals surface area contributed by atoms with Crippen molar-refractivity contribution in [3.05, 3.63) is 29.5 Å². The smallest absolute Gasteiger partial charge is 0.274 e. The molecular formula is C8H8ClNO4S. The van der Waals surface area contributed by atoms with E-state index in [0.717, 1.165) is 0 Å². The third-order valence-corrected chi connectivity index (χ3v) is 2.84. The van der Waals surface area contributed by atoms with E-state index in [9.17, 15) is 13.2 Å². The summed E-state index contributed by atoms with van der Waals surface area (Å²) in [7, 11) is -3.77. The van der Waals surface area contributed by atoms with Crippen molar-refractivity contribution >= 4 is 27.9 Å². The third-order valence-electron chi connectivity index (χ3n) is 1.44. The van der Waals surface area contributed by atoms with Crippen molar-refractivity contribution < 1.29 is 17.6 Å². The maximum Gasteiger partial charge on any atom is 0.274 e. The Balaban J connectivity index is 2.86. The molecular weight excluding hydrogens is 242 g/mol. The first-order valence-electron chi connectivity index (χ1n) is 3.83. The molecule has 0 bridgehead atoms. The molecule has 5 nitrogen and oxygen atoms in total. The summed E-state index contributed by atoms with van der Waals surface area (Å²) in [5.41, 5.74) is 0. The van der Waals surface area contributed by atoms with Gasteiger partial charge in [-0.1, -0.05) is 18.2 Å². The topological polar surface area (TPSA) is 76.4 Å². The SMILES string of the molecule is C=C(Cl)CNS(=O)(=O)c1ccc(C=O)o1. The van der Waals surface area contributed by atoms with Crippen molar-refractivity contribution in [2.24, 2.45) is 0 Å². The fourth-order valence-electron chi connectivity index (χ4n) is 0.787. The van der Waals surface area contributed by atoms with Crippen LogP contribution in [0.2, 0.25) is 0 Å².